The zero-order chi connectivity index (χ0) is 16.3. The van der Waals surface area contributed by atoms with Crippen LogP contribution in [0.1, 0.15) is 13.8 Å². The predicted octanol–water partition coefficient (Wildman–Crippen LogP) is -1.92. The normalized spacial score (nSPS) is 32.7. The van der Waals surface area contributed by atoms with Gasteiger partial charge in [-0.05, 0) is 13.8 Å². The van der Waals surface area contributed by atoms with Gasteiger partial charge in [0.25, 0.3) is 0 Å². The molecule has 4 atom stereocenters. The highest BCUT2D eigenvalue weighted by Crippen LogP contribution is 2.38. The molecule has 5 N–H and O–H groups in total. The van der Waals surface area contributed by atoms with E-state index in [1.807, 2.05) is 0 Å². The minimum absolute atomic E-state index is 0.186. The van der Waals surface area contributed by atoms with E-state index in [1.54, 1.807) is 0 Å². The number of hydrogen-bond acceptors (Lipinski definition) is 8. The first-order valence-electron chi connectivity index (χ1n) is 6.61. The van der Waals surface area contributed by atoms with Crippen molar-refractivity contribution in [2.75, 3.05) is 5.73 Å². The van der Waals surface area contributed by atoms with Gasteiger partial charge in [-0.3, -0.25) is 4.57 Å². The molecular weight excluding hydrogens is 306 g/mol. The number of imidazole rings is 1. The second-order valence-corrected chi connectivity index (χ2v) is 6.59. The van der Waals surface area contributed by atoms with E-state index in [1.165, 1.54) is 31.1 Å². The van der Waals surface area contributed by atoms with E-state index in [-0.39, 0.29) is 5.82 Å². The van der Waals surface area contributed by atoms with Gasteiger partial charge in [0, 0.05) is 0 Å². The van der Waals surface area contributed by atoms with Crippen LogP contribution in [0, 0.1) is 0 Å². The van der Waals surface area contributed by atoms with Gasteiger partial charge < -0.3 is 25.8 Å². The van der Waals surface area contributed by atoms with Gasteiger partial charge in [0.1, 0.15) is 40.4 Å². The molecule has 1 saturated heterocycles. The van der Waals surface area contributed by atoms with Crippen LogP contribution < -0.4 is 5.73 Å². The Bertz CT molecular complexity index is 717. The summed E-state index contributed by atoms with van der Waals surface area (Å²) in [6, 6.07) is 0. The minimum atomic E-state index is -1.54. The van der Waals surface area contributed by atoms with Gasteiger partial charge in [-0.25, -0.2) is 15.0 Å². The van der Waals surface area contributed by atoms with E-state index in [4.69, 9.17) is 10.5 Å². The minimum Gasteiger partial charge on any atom is -0.388 e. The Morgan fingerprint density at radius 2 is 2.05 bits per heavy atom. The maximum Gasteiger partial charge on any atom is 0.167 e. The van der Waals surface area contributed by atoms with Crippen molar-refractivity contribution in [3.8, 4) is 0 Å². The Labute approximate surface area is 129 Å². The Kier molecular flexibility index (Phi) is 3.27. The molecule has 0 aromatic carbocycles. The second-order valence-electron chi connectivity index (χ2n) is 5.87. The van der Waals surface area contributed by atoms with E-state index in [0.717, 1.165) is 0 Å². The van der Waals surface area contributed by atoms with Gasteiger partial charge in [-0.1, -0.05) is 0 Å². The average molecular weight is 322 g/mol. The molecule has 1 fully saturated rings. The van der Waals surface area contributed by atoms with Crippen LogP contribution in [0.3, 0.4) is 0 Å². The lowest BCUT2D eigenvalue weighted by Crippen LogP contribution is -2.46. The molecule has 0 unspecified atom stereocenters. The van der Waals surface area contributed by atoms with E-state index < -0.39 is 29.3 Å². The number of rotatable bonds is 2. The number of aliphatic hydroxyl groups is 3. The summed E-state index contributed by atoms with van der Waals surface area (Å²) in [5.74, 6) is 0.186. The standard InChI is InChI=1S/C12H16N5O4Si/c1-11(2,20)8-6(18)7(19)12(22,21-8)17-4-16-5-9(13)14-3-15-10(5)17/h3-4,6-8,18-20H,1-2H3,(H2,13,14,15)/t6-,7+,8-,12-/m0/s1. The zero-order valence-electron chi connectivity index (χ0n) is 12.0. The van der Waals surface area contributed by atoms with Crippen molar-refractivity contribution < 1.29 is 20.1 Å². The summed E-state index contributed by atoms with van der Waals surface area (Å²) in [5.41, 5.74) is 5.04. The number of fused-ring (bicyclic) bond motifs is 1. The van der Waals surface area contributed by atoms with Crippen molar-refractivity contribution in [3.05, 3.63) is 12.7 Å². The van der Waals surface area contributed by atoms with Crippen LogP contribution in [0.15, 0.2) is 12.7 Å². The van der Waals surface area contributed by atoms with Gasteiger partial charge in [0.2, 0.25) is 0 Å². The first-order valence-corrected chi connectivity index (χ1v) is 7.11. The Hall–Kier alpha value is -1.59. The summed E-state index contributed by atoms with van der Waals surface area (Å²) in [7, 11) is 3.36. The molecule has 0 aliphatic carbocycles. The van der Waals surface area contributed by atoms with Crippen LogP contribution >= 0.6 is 0 Å². The number of nitrogens with zero attached hydrogens (tertiary/aromatic N) is 4. The highest BCUT2D eigenvalue weighted by Gasteiger charge is 2.56. The van der Waals surface area contributed by atoms with Crippen molar-refractivity contribution in [1.82, 2.24) is 19.5 Å². The van der Waals surface area contributed by atoms with Crippen LogP contribution in [-0.2, 0) is 10.1 Å². The summed E-state index contributed by atoms with van der Waals surface area (Å²) < 4.78 is 7.12. The molecule has 9 nitrogen and oxygen atoms in total. The number of nitrogens with two attached hydrogens (primary N) is 1. The zero-order valence-corrected chi connectivity index (χ0v) is 13.0. The number of hydrogen-bond donors (Lipinski definition) is 4. The average Bonchev–Trinajstić information content (AvgIpc) is 2.96. The predicted molar refractivity (Wildman–Crippen MR) is 76.6 cm³/mol. The molecule has 10 heteroatoms. The number of aromatic nitrogens is 4. The molecular formula is C12H16N5O4Si. The monoisotopic (exact) mass is 322 g/mol. The molecule has 3 radical (unpaired) electrons. The Morgan fingerprint density at radius 3 is 2.64 bits per heavy atom. The molecule has 1 aliphatic heterocycles. The highest BCUT2D eigenvalue weighted by atomic mass is 28.1. The second kappa shape index (κ2) is 4.70. The largest absolute Gasteiger partial charge is 0.388 e. The molecule has 2 aromatic heterocycles. The van der Waals surface area contributed by atoms with Crippen LogP contribution in [0.25, 0.3) is 11.2 Å². The van der Waals surface area contributed by atoms with Crippen molar-refractivity contribution in [2.45, 2.75) is 43.1 Å². The molecule has 1 aliphatic rings. The fraction of sp³-hybridized carbons (Fsp3) is 0.583. The smallest absolute Gasteiger partial charge is 0.167 e. The Morgan fingerprint density at radius 1 is 1.36 bits per heavy atom. The van der Waals surface area contributed by atoms with Gasteiger partial charge in [-0.15, -0.1) is 0 Å². The Balaban J connectivity index is 2.11. The van der Waals surface area contributed by atoms with Crippen molar-refractivity contribution in [3.63, 3.8) is 0 Å². The third-order valence-corrected chi connectivity index (χ3v) is 4.41. The van der Waals surface area contributed by atoms with Crippen LogP contribution in [-0.4, -0.2) is 69.0 Å². The molecule has 0 saturated carbocycles. The van der Waals surface area contributed by atoms with Gasteiger partial charge in [-0.2, -0.15) is 0 Å². The first kappa shape index (κ1) is 15.3. The topological polar surface area (TPSA) is 140 Å². The third kappa shape index (κ3) is 2.03. The van der Waals surface area contributed by atoms with Crippen molar-refractivity contribution in [1.29, 1.82) is 0 Å². The van der Waals surface area contributed by atoms with E-state index in [9.17, 15) is 15.3 Å². The lowest BCUT2D eigenvalue weighted by molar-refractivity contribution is -0.138. The number of ether oxygens (including phenoxy) is 1. The SMILES string of the molecule is CC(C)(O)[C@H]1O[C@@]([Si])(n2cnc3c(N)ncnc32)[C@H](O)[C@@H]1O. The number of anilines is 1. The lowest BCUT2D eigenvalue weighted by atomic mass is 9.96. The van der Waals surface area contributed by atoms with Crippen molar-refractivity contribution >= 4 is 27.2 Å². The van der Waals surface area contributed by atoms with Crippen LogP contribution in [0.2, 0.25) is 0 Å². The quantitative estimate of drug-likeness (QED) is 0.469. The summed E-state index contributed by atoms with van der Waals surface area (Å²) in [4.78, 5) is 12.0. The maximum absolute atomic E-state index is 10.4. The maximum atomic E-state index is 10.4. The fourth-order valence-electron chi connectivity index (χ4n) is 2.59. The molecule has 22 heavy (non-hydrogen) atoms. The van der Waals surface area contributed by atoms with Gasteiger partial charge >= 0.3 is 0 Å². The molecule has 3 heterocycles. The lowest BCUT2D eigenvalue weighted by Gasteiger charge is -2.31. The van der Waals surface area contributed by atoms with Gasteiger partial charge in [0.05, 0.1) is 11.9 Å². The third-order valence-electron chi connectivity index (χ3n) is 3.76. The van der Waals surface area contributed by atoms with Crippen molar-refractivity contribution in [2.24, 2.45) is 0 Å². The fourth-order valence-corrected chi connectivity index (χ4v) is 3.05. The molecule has 0 bridgehead atoms. The molecule has 3 rings (SSSR count). The molecule has 0 spiro atoms. The summed E-state index contributed by atoms with van der Waals surface area (Å²) >= 11 is 0. The summed E-state index contributed by atoms with van der Waals surface area (Å²) in [5, 5.41) is 29.2. The van der Waals surface area contributed by atoms with Gasteiger partial charge in [0.15, 0.2) is 16.8 Å². The van der Waals surface area contributed by atoms with Crippen LogP contribution in [0.5, 0.6) is 0 Å². The first-order chi connectivity index (χ1) is 10.2. The number of nitrogen functional groups attached to an aromatic ring is 1. The molecule has 0 amide bonds. The highest BCUT2D eigenvalue weighted by molar-refractivity contribution is 6.14. The number of aliphatic hydroxyl groups excluding tert-OH is 2. The summed E-state index contributed by atoms with van der Waals surface area (Å²) in [6.45, 7) is 2.97. The summed E-state index contributed by atoms with van der Waals surface area (Å²) in [6.07, 6.45) is -1.07. The molecule has 117 valence electrons. The van der Waals surface area contributed by atoms with E-state index in [0.29, 0.717) is 11.2 Å². The molecule has 2 aromatic rings. The van der Waals surface area contributed by atoms with E-state index in [2.05, 4.69) is 25.2 Å². The van der Waals surface area contributed by atoms with Crippen LogP contribution in [0.4, 0.5) is 5.82 Å². The van der Waals surface area contributed by atoms with E-state index >= 15 is 0 Å².